The normalized spacial score (nSPS) is 18.4. The standard InChI is InChI=1S/C16H17N.ClH/c1-3-8-14(9-4-1)16-12-7-13-17(16)15-10-5-2-6-11-15;/h1-6,8-11,16H,7,12-13H2;1H. The van der Waals surface area contributed by atoms with Gasteiger partial charge in [-0.2, -0.15) is 0 Å². The molecule has 2 aromatic carbocycles. The van der Waals surface area contributed by atoms with Crippen LogP contribution >= 0.6 is 12.4 Å². The molecule has 0 saturated carbocycles. The lowest BCUT2D eigenvalue weighted by atomic mass is 10.0. The van der Waals surface area contributed by atoms with Crippen LogP contribution in [0.1, 0.15) is 24.4 Å². The lowest BCUT2D eigenvalue weighted by Crippen LogP contribution is -2.22. The molecule has 1 aliphatic rings. The van der Waals surface area contributed by atoms with Crippen molar-refractivity contribution in [2.24, 2.45) is 0 Å². The predicted molar refractivity (Wildman–Crippen MR) is 79.5 cm³/mol. The van der Waals surface area contributed by atoms with Crippen LogP contribution < -0.4 is 4.90 Å². The topological polar surface area (TPSA) is 3.24 Å². The maximum atomic E-state index is 2.52. The Morgan fingerprint density at radius 3 is 2.11 bits per heavy atom. The van der Waals surface area contributed by atoms with Crippen molar-refractivity contribution in [1.29, 1.82) is 0 Å². The summed E-state index contributed by atoms with van der Waals surface area (Å²) in [5.41, 5.74) is 2.78. The van der Waals surface area contributed by atoms with Gasteiger partial charge in [0.25, 0.3) is 0 Å². The maximum absolute atomic E-state index is 2.52. The van der Waals surface area contributed by atoms with Gasteiger partial charge >= 0.3 is 0 Å². The number of halogens is 1. The summed E-state index contributed by atoms with van der Waals surface area (Å²) < 4.78 is 0. The van der Waals surface area contributed by atoms with Crippen LogP contribution in [0.15, 0.2) is 60.7 Å². The van der Waals surface area contributed by atoms with Crippen molar-refractivity contribution in [3.8, 4) is 0 Å². The number of nitrogens with zero attached hydrogens (tertiary/aromatic N) is 1. The molecule has 0 bridgehead atoms. The van der Waals surface area contributed by atoms with Crippen LogP contribution in [0.4, 0.5) is 5.69 Å². The fourth-order valence-electron chi connectivity index (χ4n) is 2.72. The molecule has 0 aliphatic carbocycles. The summed E-state index contributed by atoms with van der Waals surface area (Å²) in [6, 6.07) is 22.1. The van der Waals surface area contributed by atoms with Crippen molar-refractivity contribution >= 4 is 18.1 Å². The van der Waals surface area contributed by atoms with E-state index in [9.17, 15) is 0 Å². The van der Waals surface area contributed by atoms with Crippen LogP contribution in [0.2, 0.25) is 0 Å². The summed E-state index contributed by atoms with van der Waals surface area (Å²) in [4.78, 5) is 2.52. The molecule has 1 saturated heterocycles. The molecule has 1 nitrogen and oxygen atoms in total. The Hall–Kier alpha value is -1.47. The summed E-state index contributed by atoms with van der Waals surface area (Å²) in [5, 5.41) is 0. The Kier molecular flexibility index (Phi) is 4.27. The van der Waals surface area contributed by atoms with E-state index in [-0.39, 0.29) is 12.4 Å². The molecule has 2 aromatic rings. The van der Waals surface area contributed by atoms with Gasteiger partial charge in [-0.25, -0.2) is 0 Å². The fraction of sp³-hybridized carbons (Fsp3) is 0.250. The first-order valence-electron chi connectivity index (χ1n) is 6.32. The van der Waals surface area contributed by atoms with Crippen molar-refractivity contribution in [2.75, 3.05) is 11.4 Å². The average Bonchev–Trinajstić information content (AvgIpc) is 2.90. The smallest absolute Gasteiger partial charge is 0.0543 e. The second-order valence-corrected chi connectivity index (χ2v) is 4.60. The zero-order valence-corrected chi connectivity index (χ0v) is 11.1. The molecule has 0 radical (unpaired) electrons. The third-order valence-electron chi connectivity index (χ3n) is 3.52. The van der Waals surface area contributed by atoms with Crippen molar-refractivity contribution < 1.29 is 0 Å². The zero-order valence-electron chi connectivity index (χ0n) is 10.3. The number of rotatable bonds is 2. The van der Waals surface area contributed by atoms with Gasteiger partial charge in [0, 0.05) is 12.2 Å². The first kappa shape index (κ1) is 13.0. The van der Waals surface area contributed by atoms with Crippen molar-refractivity contribution in [3.05, 3.63) is 66.2 Å². The van der Waals surface area contributed by atoms with E-state index in [2.05, 4.69) is 65.6 Å². The summed E-state index contributed by atoms with van der Waals surface area (Å²) >= 11 is 0. The van der Waals surface area contributed by atoms with Gasteiger partial charge in [0.1, 0.15) is 0 Å². The summed E-state index contributed by atoms with van der Waals surface area (Å²) in [6.07, 6.45) is 2.55. The molecule has 18 heavy (non-hydrogen) atoms. The number of hydrogen-bond donors (Lipinski definition) is 0. The van der Waals surface area contributed by atoms with Crippen molar-refractivity contribution in [1.82, 2.24) is 0 Å². The Bertz CT molecular complexity index is 423. The molecule has 1 fully saturated rings. The Morgan fingerprint density at radius 1 is 0.833 bits per heavy atom. The maximum Gasteiger partial charge on any atom is 0.0543 e. The Labute approximate surface area is 115 Å². The Balaban J connectivity index is 0.00000120. The van der Waals surface area contributed by atoms with Crippen molar-refractivity contribution in [2.45, 2.75) is 18.9 Å². The van der Waals surface area contributed by atoms with E-state index < -0.39 is 0 Å². The van der Waals surface area contributed by atoms with Crippen LogP contribution in [0.3, 0.4) is 0 Å². The lowest BCUT2D eigenvalue weighted by molar-refractivity contribution is 0.719. The van der Waals surface area contributed by atoms with Gasteiger partial charge in [-0.3, -0.25) is 0 Å². The first-order chi connectivity index (χ1) is 8.45. The van der Waals surface area contributed by atoms with Crippen LogP contribution in [-0.4, -0.2) is 6.54 Å². The van der Waals surface area contributed by atoms with Crippen LogP contribution in [0, 0.1) is 0 Å². The quantitative estimate of drug-likeness (QED) is 0.770. The van der Waals surface area contributed by atoms with E-state index >= 15 is 0 Å². The highest BCUT2D eigenvalue weighted by Gasteiger charge is 2.25. The highest BCUT2D eigenvalue weighted by Crippen LogP contribution is 2.35. The van der Waals surface area contributed by atoms with Crippen LogP contribution in [-0.2, 0) is 0 Å². The van der Waals surface area contributed by atoms with Crippen LogP contribution in [0.5, 0.6) is 0 Å². The number of benzene rings is 2. The van der Waals surface area contributed by atoms with Gasteiger partial charge < -0.3 is 4.90 Å². The molecule has 0 N–H and O–H groups in total. The van der Waals surface area contributed by atoms with Crippen molar-refractivity contribution in [3.63, 3.8) is 0 Å². The second kappa shape index (κ2) is 5.92. The molecule has 3 rings (SSSR count). The van der Waals surface area contributed by atoms with E-state index in [1.54, 1.807) is 0 Å². The van der Waals surface area contributed by atoms with Crippen LogP contribution in [0.25, 0.3) is 0 Å². The fourth-order valence-corrected chi connectivity index (χ4v) is 2.72. The Morgan fingerprint density at radius 2 is 1.44 bits per heavy atom. The third kappa shape index (κ3) is 2.51. The molecule has 1 heterocycles. The van der Waals surface area contributed by atoms with E-state index in [0.29, 0.717) is 6.04 Å². The largest absolute Gasteiger partial charge is 0.364 e. The average molecular weight is 260 g/mol. The van der Waals surface area contributed by atoms with Gasteiger partial charge in [0.15, 0.2) is 0 Å². The van der Waals surface area contributed by atoms with E-state index in [1.165, 1.54) is 30.6 Å². The van der Waals surface area contributed by atoms with E-state index in [4.69, 9.17) is 0 Å². The minimum Gasteiger partial charge on any atom is -0.364 e. The SMILES string of the molecule is Cl.c1ccc(C2CCCN2c2ccccc2)cc1. The highest BCUT2D eigenvalue weighted by atomic mass is 35.5. The number of hydrogen-bond acceptors (Lipinski definition) is 1. The zero-order chi connectivity index (χ0) is 11.5. The highest BCUT2D eigenvalue weighted by molar-refractivity contribution is 5.85. The van der Waals surface area contributed by atoms with Gasteiger partial charge in [0.2, 0.25) is 0 Å². The molecule has 1 aliphatic heterocycles. The lowest BCUT2D eigenvalue weighted by Gasteiger charge is -2.27. The molecular weight excluding hydrogens is 242 g/mol. The first-order valence-corrected chi connectivity index (χ1v) is 6.32. The number of para-hydroxylation sites is 1. The third-order valence-corrected chi connectivity index (χ3v) is 3.52. The molecular formula is C16H18ClN. The number of anilines is 1. The van der Waals surface area contributed by atoms with Gasteiger partial charge in [0.05, 0.1) is 6.04 Å². The monoisotopic (exact) mass is 259 g/mol. The minimum absolute atomic E-state index is 0. The van der Waals surface area contributed by atoms with Gasteiger partial charge in [-0.15, -0.1) is 12.4 Å². The summed E-state index contributed by atoms with van der Waals surface area (Å²) in [6.45, 7) is 1.17. The van der Waals surface area contributed by atoms with E-state index in [0.717, 1.165) is 0 Å². The molecule has 1 unspecified atom stereocenters. The van der Waals surface area contributed by atoms with Gasteiger partial charge in [-0.1, -0.05) is 48.5 Å². The molecule has 0 spiro atoms. The molecule has 1 atom stereocenters. The summed E-state index contributed by atoms with van der Waals surface area (Å²) in [7, 11) is 0. The molecule has 94 valence electrons. The second-order valence-electron chi connectivity index (χ2n) is 4.60. The van der Waals surface area contributed by atoms with E-state index in [1.807, 2.05) is 0 Å². The minimum atomic E-state index is 0. The predicted octanol–water partition coefficient (Wildman–Crippen LogP) is 4.45. The molecule has 2 heteroatoms. The summed E-state index contributed by atoms with van der Waals surface area (Å²) in [5.74, 6) is 0. The van der Waals surface area contributed by atoms with Gasteiger partial charge in [-0.05, 0) is 30.5 Å². The molecule has 0 amide bonds. The molecule has 0 aromatic heterocycles.